The summed E-state index contributed by atoms with van der Waals surface area (Å²) in [5, 5.41) is 10.1. The Bertz CT molecular complexity index is 1300. The van der Waals surface area contributed by atoms with Crippen LogP contribution in [0.5, 0.6) is 11.5 Å². The summed E-state index contributed by atoms with van der Waals surface area (Å²) < 4.78 is 12.7. The minimum Gasteiger partial charge on any atom is -0.493 e. The number of para-hydroxylation sites is 1. The molecule has 0 amide bonds. The zero-order chi connectivity index (χ0) is 21.4. The Morgan fingerprint density at radius 3 is 2.55 bits per heavy atom. The lowest BCUT2D eigenvalue weighted by Crippen LogP contribution is -2.12. The van der Waals surface area contributed by atoms with Crippen molar-refractivity contribution in [3.8, 4) is 17.2 Å². The number of thioether (sulfide) groups is 1. The molecular formula is C22H21N5O3S. The maximum Gasteiger partial charge on any atom is 0.258 e. The van der Waals surface area contributed by atoms with Gasteiger partial charge in [-0.05, 0) is 31.0 Å². The molecule has 8 nitrogen and oxygen atoms in total. The van der Waals surface area contributed by atoms with Crippen molar-refractivity contribution in [2.24, 2.45) is 0 Å². The van der Waals surface area contributed by atoms with Gasteiger partial charge in [-0.2, -0.15) is 0 Å². The fourth-order valence-corrected chi connectivity index (χ4v) is 4.35. The first-order chi connectivity index (χ1) is 15.2. The van der Waals surface area contributed by atoms with Gasteiger partial charge in [-0.1, -0.05) is 30.0 Å². The first kappa shape index (κ1) is 19.6. The highest BCUT2D eigenvalue weighted by molar-refractivity contribution is 7.98. The van der Waals surface area contributed by atoms with Crippen molar-refractivity contribution in [1.82, 2.24) is 24.7 Å². The average Bonchev–Trinajstić information content (AvgIpc) is 3.56. The second kappa shape index (κ2) is 8.07. The minimum atomic E-state index is -0.218. The lowest BCUT2D eigenvalue weighted by Gasteiger charge is -2.10. The van der Waals surface area contributed by atoms with Crippen LogP contribution in [0.2, 0.25) is 0 Å². The number of rotatable bonds is 7. The number of hydrogen-bond donors (Lipinski definition) is 1. The Morgan fingerprint density at radius 2 is 1.84 bits per heavy atom. The molecule has 0 spiro atoms. The molecule has 158 valence electrons. The predicted octanol–water partition coefficient (Wildman–Crippen LogP) is 3.69. The molecule has 2 aromatic heterocycles. The topological polar surface area (TPSA) is 94.9 Å². The third-order valence-corrected chi connectivity index (χ3v) is 6.15. The van der Waals surface area contributed by atoms with Gasteiger partial charge in [0.15, 0.2) is 16.7 Å². The number of nitrogens with zero attached hydrogens (tertiary/aromatic N) is 4. The molecule has 5 rings (SSSR count). The highest BCUT2D eigenvalue weighted by Crippen LogP contribution is 2.41. The van der Waals surface area contributed by atoms with Gasteiger partial charge in [0.05, 0.1) is 30.9 Å². The summed E-state index contributed by atoms with van der Waals surface area (Å²) >= 11 is 1.50. The maximum absolute atomic E-state index is 12.6. The second-order valence-corrected chi connectivity index (χ2v) is 8.25. The molecule has 0 unspecified atom stereocenters. The molecule has 31 heavy (non-hydrogen) atoms. The summed E-state index contributed by atoms with van der Waals surface area (Å²) in [6, 6.07) is 13.5. The molecule has 9 heteroatoms. The molecule has 1 saturated carbocycles. The number of fused-ring (bicyclic) bond motifs is 1. The Kier molecular flexibility index (Phi) is 5.11. The quantitative estimate of drug-likeness (QED) is 0.442. The molecule has 0 radical (unpaired) electrons. The van der Waals surface area contributed by atoms with E-state index in [0.717, 1.165) is 29.5 Å². The van der Waals surface area contributed by atoms with E-state index in [1.165, 1.54) is 18.9 Å². The molecule has 0 atom stereocenters. The summed E-state index contributed by atoms with van der Waals surface area (Å²) in [7, 11) is 3.09. The third-order valence-electron chi connectivity index (χ3n) is 5.21. The minimum absolute atomic E-state index is 0.218. The van der Waals surface area contributed by atoms with E-state index in [9.17, 15) is 4.79 Å². The summed E-state index contributed by atoms with van der Waals surface area (Å²) in [5.41, 5.74) is 1.37. The zero-order valence-corrected chi connectivity index (χ0v) is 18.0. The molecule has 2 heterocycles. The number of ether oxygens (including phenoxy) is 2. The maximum atomic E-state index is 12.6. The molecule has 0 aliphatic heterocycles. The van der Waals surface area contributed by atoms with E-state index in [4.69, 9.17) is 9.47 Å². The van der Waals surface area contributed by atoms with Gasteiger partial charge in [0.25, 0.3) is 5.56 Å². The van der Waals surface area contributed by atoms with E-state index in [2.05, 4.69) is 36.9 Å². The van der Waals surface area contributed by atoms with Crippen molar-refractivity contribution in [2.75, 3.05) is 14.2 Å². The van der Waals surface area contributed by atoms with E-state index in [-0.39, 0.29) is 5.56 Å². The number of methoxy groups -OCH3 is 2. The Morgan fingerprint density at radius 1 is 1.10 bits per heavy atom. The number of nitrogens with one attached hydrogen (secondary N) is 1. The summed E-state index contributed by atoms with van der Waals surface area (Å²) in [4.78, 5) is 20.1. The van der Waals surface area contributed by atoms with Crippen LogP contribution in [-0.4, -0.2) is 39.0 Å². The second-order valence-electron chi connectivity index (χ2n) is 7.31. The lowest BCUT2D eigenvalue weighted by molar-refractivity contribution is 0.355. The van der Waals surface area contributed by atoms with Crippen LogP contribution in [0.15, 0.2) is 52.4 Å². The monoisotopic (exact) mass is 435 g/mol. The zero-order valence-electron chi connectivity index (χ0n) is 17.2. The van der Waals surface area contributed by atoms with E-state index in [1.807, 2.05) is 18.2 Å². The van der Waals surface area contributed by atoms with Crippen molar-refractivity contribution in [2.45, 2.75) is 29.7 Å². The number of aromatic nitrogens is 5. The van der Waals surface area contributed by atoms with Gasteiger partial charge in [-0.25, -0.2) is 4.98 Å². The molecular weight excluding hydrogens is 414 g/mol. The molecule has 1 fully saturated rings. The first-order valence-electron chi connectivity index (χ1n) is 9.96. The molecule has 1 aliphatic rings. The van der Waals surface area contributed by atoms with Crippen molar-refractivity contribution in [3.05, 3.63) is 64.5 Å². The van der Waals surface area contributed by atoms with E-state index in [0.29, 0.717) is 39.9 Å². The van der Waals surface area contributed by atoms with Crippen LogP contribution < -0.4 is 15.0 Å². The van der Waals surface area contributed by atoms with Gasteiger partial charge in [-0.15, -0.1) is 10.2 Å². The average molecular weight is 436 g/mol. The number of aromatic amines is 1. The van der Waals surface area contributed by atoms with Crippen LogP contribution in [0.3, 0.4) is 0 Å². The summed E-state index contributed by atoms with van der Waals surface area (Å²) in [6.45, 7) is 0. The van der Waals surface area contributed by atoms with Gasteiger partial charge >= 0.3 is 0 Å². The highest BCUT2D eigenvalue weighted by atomic mass is 32.2. The smallest absolute Gasteiger partial charge is 0.258 e. The Balaban J connectivity index is 1.47. The normalized spacial score (nSPS) is 13.5. The Hall–Kier alpha value is -3.33. The summed E-state index contributed by atoms with van der Waals surface area (Å²) in [5.74, 6) is 3.49. The number of H-pyrrole nitrogens is 1. The van der Waals surface area contributed by atoms with Crippen LogP contribution in [0, 0.1) is 0 Å². The van der Waals surface area contributed by atoms with Gasteiger partial charge in [-0.3, -0.25) is 9.36 Å². The van der Waals surface area contributed by atoms with Crippen LogP contribution in [0.4, 0.5) is 0 Å². The third kappa shape index (κ3) is 3.76. The molecule has 1 aliphatic carbocycles. The van der Waals surface area contributed by atoms with Gasteiger partial charge in [0.1, 0.15) is 11.6 Å². The van der Waals surface area contributed by atoms with Gasteiger partial charge in [0.2, 0.25) is 0 Å². The molecule has 2 aromatic carbocycles. The predicted molar refractivity (Wildman–Crippen MR) is 118 cm³/mol. The van der Waals surface area contributed by atoms with E-state index >= 15 is 0 Å². The standard InChI is InChI=1S/C22H21N5O3S/c1-29-17-10-15-16(11-18(17)30-2)23-19(24-21(15)28)12-31-22-26-25-20(13-8-9-13)27(22)14-6-4-3-5-7-14/h3-7,10-11,13H,8-9,12H2,1-2H3,(H,23,24,28). The van der Waals surface area contributed by atoms with Crippen LogP contribution in [-0.2, 0) is 5.75 Å². The largest absolute Gasteiger partial charge is 0.493 e. The SMILES string of the molecule is COc1cc2nc(CSc3nnc(C4CC4)n3-c3ccccc3)[nH]c(=O)c2cc1OC. The van der Waals surface area contributed by atoms with Crippen molar-refractivity contribution in [1.29, 1.82) is 0 Å². The number of benzene rings is 2. The lowest BCUT2D eigenvalue weighted by atomic mass is 10.2. The molecule has 4 aromatic rings. The van der Waals surface area contributed by atoms with Gasteiger partial charge < -0.3 is 14.5 Å². The van der Waals surface area contributed by atoms with Crippen molar-refractivity contribution < 1.29 is 9.47 Å². The molecule has 1 N–H and O–H groups in total. The van der Waals surface area contributed by atoms with E-state index < -0.39 is 0 Å². The highest BCUT2D eigenvalue weighted by Gasteiger charge is 2.31. The first-order valence-corrected chi connectivity index (χ1v) is 10.9. The summed E-state index contributed by atoms with van der Waals surface area (Å²) in [6.07, 6.45) is 2.28. The fourth-order valence-electron chi connectivity index (χ4n) is 3.52. The molecule has 0 saturated heterocycles. The van der Waals surface area contributed by atoms with E-state index in [1.54, 1.807) is 19.2 Å². The van der Waals surface area contributed by atoms with Crippen molar-refractivity contribution >= 4 is 22.7 Å². The van der Waals surface area contributed by atoms with Crippen LogP contribution in [0.25, 0.3) is 16.6 Å². The molecule has 0 bridgehead atoms. The van der Waals surface area contributed by atoms with Crippen molar-refractivity contribution in [3.63, 3.8) is 0 Å². The Labute approximate surface area is 182 Å². The fraction of sp³-hybridized carbons (Fsp3) is 0.273. The van der Waals surface area contributed by atoms with Crippen LogP contribution in [0.1, 0.15) is 30.4 Å². The van der Waals surface area contributed by atoms with Crippen LogP contribution >= 0.6 is 11.8 Å². The number of hydrogen-bond acceptors (Lipinski definition) is 7. The van der Waals surface area contributed by atoms with Gasteiger partial charge in [0, 0.05) is 17.7 Å².